The lowest BCUT2D eigenvalue weighted by molar-refractivity contribution is 0.0358. The normalized spacial score (nSPS) is 14.6. The Morgan fingerprint density at radius 3 is 2.67 bits per heavy atom. The number of pyridine rings is 1. The molecule has 0 amide bonds. The monoisotopic (exact) mass is 460 g/mol. The standard InChI is InChI=1S/C26H28N4O2S/c1-2-22-25(24-5-3-16-33-24)28-23-17-20(18-27-26(23)29-22)19-6-8-21(9-7-19)32-13-4-10-30-11-14-31-15-12-30/h3,5-9,16-18H,2,4,10-15H2,1H3. The molecule has 4 heterocycles. The Kier molecular flexibility index (Phi) is 6.90. The number of nitrogens with zero attached hydrogens (tertiary/aromatic N) is 4. The number of fused-ring (bicyclic) bond motifs is 1. The highest BCUT2D eigenvalue weighted by atomic mass is 32.1. The lowest BCUT2D eigenvalue weighted by Crippen LogP contribution is -2.37. The van der Waals surface area contributed by atoms with E-state index >= 15 is 0 Å². The topological polar surface area (TPSA) is 60.4 Å². The molecule has 0 saturated carbocycles. The Balaban J connectivity index is 1.27. The smallest absolute Gasteiger partial charge is 0.178 e. The first-order valence-corrected chi connectivity index (χ1v) is 12.4. The molecule has 0 aliphatic carbocycles. The van der Waals surface area contributed by atoms with Gasteiger partial charge in [-0.05, 0) is 48.1 Å². The van der Waals surface area contributed by atoms with Gasteiger partial charge in [0.1, 0.15) is 17.0 Å². The Morgan fingerprint density at radius 2 is 1.91 bits per heavy atom. The first-order valence-electron chi connectivity index (χ1n) is 11.5. The van der Waals surface area contributed by atoms with Gasteiger partial charge in [-0.25, -0.2) is 15.0 Å². The summed E-state index contributed by atoms with van der Waals surface area (Å²) in [5, 5.41) is 2.07. The highest BCUT2D eigenvalue weighted by molar-refractivity contribution is 7.13. The summed E-state index contributed by atoms with van der Waals surface area (Å²) >= 11 is 1.69. The Bertz CT molecular complexity index is 1190. The number of thiophene rings is 1. The molecule has 4 aromatic rings. The van der Waals surface area contributed by atoms with E-state index in [4.69, 9.17) is 19.4 Å². The van der Waals surface area contributed by atoms with Crippen LogP contribution in [0.4, 0.5) is 0 Å². The summed E-state index contributed by atoms with van der Waals surface area (Å²) in [6, 6.07) is 14.4. The summed E-state index contributed by atoms with van der Waals surface area (Å²) in [4.78, 5) is 17.9. The fourth-order valence-corrected chi connectivity index (χ4v) is 4.78. The van der Waals surface area contributed by atoms with Gasteiger partial charge in [-0.1, -0.05) is 25.1 Å². The van der Waals surface area contributed by atoms with Crippen molar-refractivity contribution in [3.05, 3.63) is 59.7 Å². The summed E-state index contributed by atoms with van der Waals surface area (Å²) in [6.45, 7) is 7.60. The molecule has 0 spiro atoms. The zero-order chi connectivity index (χ0) is 22.5. The van der Waals surface area contributed by atoms with Crippen LogP contribution in [0.2, 0.25) is 0 Å². The molecular weight excluding hydrogens is 432 g/mol. The molecule has 1 aliphatic rings. The van der Waals surface area contributed by atoms with E-state index in [-0.39, 0.29) is 0 Å². The quantitative estimate of drug-likeness (QED) is 0.342. The van der Waals surface area contributed by atoms with Crippen molar-refractivity contribution >= 4 is 22.5 Å². The van der Waals surface area contributed by atoms with Crippen molar-refractivity contribution in [1.82, 2.24) is 19.9 Å². The van der Waals surface area contributed by atoms with Gasteiger partial charge in [0.25, 0.3) is 0 Å². The maximum atomic E-state index is 5.95. The molecule has 1 aliphatic heterocycles. The van der Waals surface area contributed by atoms with E-state index in [0.29, 0.717) is 5.65 Å². The van der Waals surface area contributed by atoms with E-state index in [1.165, 1.54) is 0 Å². The van der Waals surface area contributed by atoms with Gasteiger partial charge < -0.3 is 9.47 Å². The molecule has 0 N–H and O–H groups in total. The van der Waals surface area contributed by atoms with Crippen molar-refractivity contribution in [1.29, 1.82) is 0 Å². The fourth-order valence-electron chi connectivity index (χ4n) is 4.04. The molecule has 0 radical (unpaired) electrons. The molecule has 0 atom stereocenters. The van der Waals surface area contributed by atoms with Gasteiger partial charge in [-0.2, -0.15) is 0 Å². The van der Waals surface area contributed by atoms with Gasteiger partial charge in [-0.3, -0.25) is 4.90 Å². The molecule has 1 fully saturated rings. The molecule has 3 aromatic heterocycles. The number of benzene rings is 1. The van der Waals surface area contributed by atoms with Crippen molar-refractivity contribution in [3.63, 3.8) is 0 Å². The molecule has 5 rings (SSSR count). The lowest BCUT2D eigenvalue weighted by Gasteiger charge is -2.26. The van der Waals surface area contributed by atoms with Crippen LogP contribution in [0.25, 0.3) is 32.9 Å². The molecular formula is C26H28N4O2S. The highest BCUT2D eigenvalue weighted by Crippen LogP contribution is 2.29. The Hall–Kier alpha value is -2.87. The van der Waals surface area contributed by atoms with Crippen LogP contribution in [0.1, 0.15) is 19.0 Å². The summed E-state index contributed by atoms with van der Waals surface area (Å²) < 4.78 is 11.3. The number of rotatable bonds is 8. The fraction of sp³-hybridized carbons (Fsp3) is 0.346. The molecule has 170 valence electrons. The third-order valence-electron chi connectivity index (χ3n) is 5.86. The minimum Gasteiger partial charge on any atom is -0.494 e. The third-order valence-corrected chi connectivity index (χ3v) is 6.74. The molecule has 0 bridgehead atoms. The van der Waals surface area contributed by atoms with Gasteiger partial charge in [0, 0.05) is 31.4 Å². The highest BCUT2D eigenvalue weighted by Gasteiger charge is 2.13. The van der Waals surface area contributed by atoms with Crippen molar-refractivity contribution in [2.75, 3.05) is 39.5 Å². The number of aromatic nitrogens is 3. The largest absolute Gasteiger partial charge is 0.494 e. The molecule has 0 unspecified atom stereocenters. The lowest BCUT2D eigenvalue weighted by atomic mass is 10.1. The van der Waals surface area contributed by atoms with Crippen molar-refractivity contribution < 1.29 is 9.47 Å². The second-order valence-corrected chi connectivity index (χ2v) is 9.04. The van der Waals surface area contributed by atoms with E-state index in [2.05, 4.69) is 46.5 Å². The number of aryl methyl sites for hydroxylation is 1. The SMILES string of the molecule is CCc1nc2ncc(-c3ccc(OCCCN4CCOCC4)cc3)cc2nc1-c1cccs1. The van der Waals surface area contributed by atoms with Crippen LogP contribution >= 0.6 is 11.3 Å². The van der Waals surface area contributed by atoms with Crippen LogP contribution in [0.15, 0.2) is 54.0 Å². The van der Waals surface area contributed by atoms with Crippen LogP contribution < -0.4 is 4.74 Å². The maximum absolute atomic E-state index is 5.95. The predicted molar refractivity (Wildman–Crippen MR) is 133 cm³/mol. The van der Waals surface area contributed by atoms with Crippen molar-refractivity contribution in [2.45, 2.75) is 19.8 Å². The molecule has 33 heavy (non-hydrogen) atoms. The van der Waals surface area contributed by atoms with E-state index in [9.17, 15) is 0 Å². The average molecular weight is 461 g/mol. The van der Waals surface area contributed by atoms with E-state index in [0.717, 1.165) is 91.0 Å². The summed E-state index contributed by atoms with van der Waals surface area (Å²) in [5.41, 5.74) is 5.56. The second kappa shape index (κ2) is 10.4. The zero-order valence-electron chi connectivity index (χ0n) is 18.9. The number of ether oxygens (including phenoxy) is 2. The molecule has 6 nitrogen and oxygen atoms in total. The Morgan fingerprint density at radius 1 is 1.06 bits per heavy atom. The third kappa shape index (κ3) is 5.21. The van der Waals surface area contributed by atoms with Crippen LogP contribution in [0.5, 0.6) is 5.75 Å². The molecule has 1 aromatic carbocycles. The predicted octanol–water partition coefficient (Wildman–Crippen LogP) is 5.08. The minimum absolute atomic E-state index is 0.691. The number of morpholine rings is 1. The summed E-state index contributed by atoms with van der Waals surface area (Å²) in [5.74, 6) is 0.891. The zero-order valence-corrected chi connectivity index (χ0v) is 19.7. The van der Waals surface area contributed by atoms with E-state index in [1.807, 2.05) is 24.4 Å². The van der Waals surface area contributed by atoms with E-state index < -0.39 is 0 Å². The van der Waals surface area contributed by atoms with Crippen LogP contribution in [0, 0.1) is 0 Å². The maximum Gasteiger partial charge on any atom is 0.178 e. The Labute approximate surface area is 198 Å². The second-order valence-electron chi connectivity index (χ2n) is 8.10. The minimum atomic E-state index is 0.691. The van der Waals surface area contributed by atoms with Crippen molar-refractivity contribution in [3.8, 4) is 27.4 Å². The summed E-state index contributed by atoms with van der Waals surface area (Å²) in [7, 11) is 0. The molecule has 1 saturated heterocycles. The average Bonchev–Trinajstić information content (AvgIpc) is 3.41. The van der Waals surface area contributed by atoms with Gasteiger partial charge in [-0.15, -0.1) is 11.3 Å². The van der Waals surface area contributed by atoms with Gasteiger partial charge in [0.15, 0.2) is 5.65 Å². The molecule has 7 heteroatoms. The summed E-state index contributed by atoms with van der Waals surface area (Å²) in [6.07, 6.45) is 3.72. The first-order chi connectivity index (χ1) is 16.3. The van der Waals surface area contributed by atoms with Crippen molar-refractivity contribution in [2.24, 2.45) is 0 Å². The van der Waals surface area contributed by atoms with E-state index in [1.54, 1.807) is 11.3 Å². The van der Waals surface area contributed by atoms with Crippen LogP contribution in [-0.2, 0) is 11.2 Å². The van der Waals surface area contributed by atoms with Gasteiger partial charge in [0.2, 0.25) is 0 Å². The van der Waals surface area contributed by atoms with Crippen LogP contribution in [0.3, 0.4) is 0 Å². The first kappa shape index (κ1) is 21.9. The van der Waals surface area contributed by atoms with Gasteiger partial charge >= 0.3 is 0 Å². The number of hydrogen-bond donors (Lipinski definition) is 0. The van der Waals surface area contributed by atoms with Gasteiger partial charge in [0.05, 0.1) is 30.4 Å². The number of hydrogen-bond acceptors (Lipinski definition) is 7. The van der Waals surface area contributed by atoms with Crippen LogP contribution in [-0.4, -0.2) is 59.3 Å².